The molecule has 31 radical (unpaired) electrons. The van der Waals surface area contributed by atoms with E-state index in [0.29, 0.717) is 0 Å². The molecule has 4 aromatic heterocycles. The minimum absolute atomic E-state index is 0. The van der Waals surface area contributed by atoms with Crippen molar-refractivity contribution in [2.75, 3.05) is 0 Å². The average molecular weight is 3640 g/mol. The quantitative estimate of drug-likeness (QED) is 0.154. The summed E-state index contributed by atoms with van der Waals surface area (Å²) in [5.74, 6) is 0. The largest absolute Gasteiger partial charge is 0.344 e. The van der Waals surface area contributed by atoms with E-state index in [1.807, 2.05) is 172 Å². The van der Waals surface area contributed by atoms with Gasteiger partial charge in [-0.05, 0) is 74.4 Å². The molecule has 9 aromatic rings. The molecule has 0 saturated heterocycles. The molecule has 0 atom stereocenters. The molecular formula is C62H86N4Y31-2. The minimum Gasteiger partial charge on any atom is -0.344 e. The second kappa shape index (κ2) is 184. The van der Waals surface area contributed by atoms with Crippen LogP contribution in [0.3, 0.4) is 0 Å². The van der Waals surface area contributed by atoms with Gasteiger partial charge in [-0.3, -0.25) is 15.0 Å². The number of fused-ring (bicyclic) bond motifs is 4. The van der Waals surface area contributed by atoms with Crippen molar-refractivity contribution in [2.45, 2.75) is 125 Å². The van der Waals surface area contributed by atoms with Gasteiger partial charge in [0.05, 0.1) is 0 Å². The van der Waals surface area contributed by atoms with E-state index >= 15 is 0 Å². The maximum atomic E-state index is 3.98. The van der Waals surface area contributed by atoms with Crippen molar-refractivity contribution in [2.24, 2.45) is 7.05 Å². The first-order valence-corrected chi connectivity index (χ1v) is 24.3. The van der Waals surface area contributed by atoms with Gasteiger partial charge in [-0.2, -0.15) is 30.3 Å². The molecule has 0 aliphatic heterocycles. The Balaban J connectivity index is -0.0000000145. The topological polar surface area (TPSA) is 43.6 Å². The number of pyridine rings is 3. The van der Waals surface area contributed by atoms with Crippen LogP contribution in [0.2, 0.25) is 0 Å². The minimum atomic E-state index is 0. The van der Waals surface area contributed by atoms with Crippen molar-refractivity contribution < 1.29 is 1010 Å². The third-order valence-corrected chi connectivity index (χ3v) is 8.22. The van der Waals surface area contributed by atoms with E-state index in [1.54, 1.807) is 24.8 Å². The van der Waals surface area contributed by atoms with Crippen LogP contribution in [0.15, 0.2) is 177 Å². The molecule has 0 fully saturated rings. The van der Waals surface area contributed by atoms with E-state index in [2.05, 4.69) is 143 Å². The Morgan fingerprint density at radius 2 is 0.639 bits per heavy atom. The summed E-state index contributed by atoms with van der Waals surface area (Å²) in [5, 5.41) is 5.16. The predicted molar refractivity (Wildman–Crippen MR) is 299 cm³/mol. The average Bonchev–Trinajstić information content (AvgIpc) is 3.74. The Kier molecular flexibility index (Phi) is 440. The van der Waals surface area contributed by atoms with Gasteiger partial charge in [0.15, 0.2) is 0 Å². The van der Waals surface area contributed by atoms with Crippen LogP contribution in [0.4, 0.5) is 0 Å². The normalized spacial score (nSPS) is 5.80. The van der Waals surface area contributed by atoms with Gasteiger partial charge in [-0.1, -0.05) is 171 Å². The molecule has 4 heterocycles. The van der Waals surface area contributed by atoms with Crippen molar-refractivity contribution in [3.63, 3.8) is 0 Å². The molecule has 0 aliphatic rings. The molecule has 0 amide bonds. The molecule has 97 heavy (non-hydrogen) atoms. The third kappa shape index (κ3) is 126. The van der Waals surface area contributed by atoms with Crippen LogP contribution in [0.1, 0.15) is 119 Å². The Labute approximate surface area is 1380 Å². The number of nitrogens with zero attached hydrogens (tertiary/aromatic N) is 4. The van der Waals surface area contributed by atoms with Crippen molar-refractivity contribution in [3.8, 4) is 11.1 Å². The maximum absolute atomic E-state index is 3.98. The number of rotatable bonds is 1. The number of hydrogen-bond donors (Lipinski definition) is 0. The molecule has 0 bridgehead atoms. The van der Waals surface area contributed by atoms with Crippen molar-refractivity contribution in [1.82, 2.24) is 19.5 Å². The van der Waals surface area contributed by atoms with E-state index in [1.165, 1.54) is 43.7 Å². The molecule has 0 saturated carbocycles. The fourth-order valence-electron chi connectivity index (χ4n) is 5.56. The summed E-state index contributed by atoms with van der Waals surface area (Å²) >= 11 is 0. The van der Waals surface area contributed by atoms with Gasteiger partial charge in [0.1, 0.15) is 0 Å². The molecule has 0 spiro atoms. The van der Waals surface area contributed by atoms with Crippen LogP contribution >= 0.6 is 0 Å². The predicted octanol–water partition coefficient (Wildman–Crippen LogP) is 19.0. The van der Waals surface area contributed by atoms with Gasteiger partial charge < -0.3 is 4.57 Å². The summed E-state index contributed by atoms with van der Waals surface area (Å²) in [6, 6.07) is 56.2. The zero-order valence-electron chi connectivity index (χ0n) is 62.4. The number of benzene rings is 5. The first-order chi connectivity index (χ1) is 32.4. The van der Waals surface area contributed by atoms with E-state index in [0.717, 1.165) is 22.4 Å². The number of aryl methyl sites for hydroxylation is 5. The first kappa shape index (κ1) is 232. The van der Waals surface area contributed by atoms with Crippen molar-refractivity contribution in [1.29, 1.82) is 0 Å². The third-order valence-electron chi connectivity index (χ3n) is 8.22. The van der Waals surface area contributed by atoms with Gasteiger partial charge in [-0.15, -0.1) is 34.5 Å². The standard InChI is InChI=1S/C17H12.C13H11N.3C6H7N.7C2H6.31Y/c1-13-6-4-9-15(12-13)17-11-5-8-14-7-2-3-10-16(14)17;1-14-12-8-4-2-6-10(12)11-7-3-5-9-13(11)14;1-6-2-4-7-5-3-6;1-6-3-2-4-7-5-6;1-6-4-2-3-5-7-6;7*1-2;;;;;;;;;;;;;;;;;;;;;;;;;;;;;;;/h2-10H,1H3;2-9H,1H3;3*2-5H,1H3;7*1-2H3;;;;;;;;;;;;;;;;;;;;;;;;;;;;;;;/q-2;;;;;;;;;;;;;;;;;;;;;;;;;;;;;;;;;;;;;;;;;;. The first-order valence-electron chi connectivity index (χ1n) is 24.3. The summed E-state index contributed by atoms with van der Waals surface area (Å²) in [6.45, 7) is 36.1. The molecule has 4 nitrogen and oxygen atoms in total. The van der Waals surface area contributed by atoms with E-state index < -0.39 is 0 Å². The van der Waals surface area contributed by atoms with E-state index in [9.17, 15) is 0 Å². The van der Waals surface area contributed by atoms with Crippen LogP contribution in [0.25, 0.3) is 43.7 Å². The summed E-state index contributed by atoms with van der Waals surface area (Å²) in [7, 11) is 2.12. The Morgan fingerprint density at radius 3 is 0.918 bits per heavy atom. The second-order valence-corrected chi connectivity index (χ2v) is 12.3. The molecule has 35 heteroatoms. The van der Waals surface area contributed by atoms with Gasteiger partial charge in [-0.25, -0.2) is 11.1 Å². The van der Waals surface area contributed by atoms with Crippen molar-refractivity contribution >= 4 is 32.6 Å². The van der Waals surface area contributed by atoms with E-state index in [-0.39, 0.29) is 1010 Å². The Morgan fingerprint density at radius 1 is 0.289 bits per heavy atom. The van der Waals surface area contributed by atoms with Gasteiger partial charge in [0, 0.05) is 1080 Å². The zero-order chi connectivity index (χ0) is 50.5. The fourth-order valence-corrected chi connectivity index (χ4v) is 5.56. The number of aromatic nitrogens is 4. The summed E-state index contributed by atoms with van der Waals surface area (Å²) in [4.78, 5) is 11.7. The SMILES string of the molecule is CC.CC.CC.CC.CC.CC.CC.Cc1[c-]c(-c2[c-]ccc3ccccc23)ccc1.Cc1ccccn1.Cc1cccnc1.Cc1ccncc1.Cn1c2ccccc2c2ccccc21.[Y].[Y].[Y].[Y].[Y].[Y].[Y].[Y].[Y].[Y].[Y].[Y].[Y].[Y].[Y].[Y].[Y].[Y].[Y].[Y].[Y].[Y].[Y].[Y].[Y].[Y].[Y].[Y].[Y].[Y].[Y]. The van der Waals surface area contributed by atoms with Crippen LogP contribution in [-0.2, 0) is 1020 Å². The van der Waals surface area contributed by atoms with Crippen LogP contribution in [0.5, 0.6) is 0 Å². The summed E-state index contributed by atoms with van der Waals surface area (Å²) < 4.78 is 2.24. The molecule has 0 aliphatic carbocycles. The smallest absolute Gasteiger partial charge is 0.0488 e. The monoisotopic (exact) mass is 3640 g/mol. The summed E-state index contributed by atoms with van der Waals surface area (Å²) in [5.41, 5.74) is 9.54. The second-order valence-electron chi connectivity index (χ2n) is 12.3. The summed E-state index contributed by atoms with van der Waals surface area (Å²) in [6.07, 6.45) is 8.97. The molecular weight excluding hydrogens is 3560 g/mol. The number of para-hydroxylation sites is 2. The van der Waals surface area contributed by atoms with Gasteiger partial charge in [0.25, 0.3) is 0 Å². The van der Waals surface area contributed by atoms with Crippen molar-refractivity contribution in [3.05, 3.63) is 211 Å². The molecule has 0 unspecified atom stereocenters. The van der Waals surface area contributed by atoms with Crippen LogP contribution in [0, 0.1) is 39.8 Å². The Bertz CT molecular complexity index is 2340. The molecule has 0 N–H and O–H groups in total. The zero-order valence-corrected chi connectivity index (χ0v) is 150. The maximum Gasteiger partial charge on any atom is 0.0488 e. The molecule has 9 rings (SSSR count). The molecule has 5 aromatic carbocycles. The van der Waals surface area contributed by atoms with Crippen LogP contribution in [-0.4, -0.2) is 19.5 Å². The number of hydrogen-bond acceptors (Lipinski definition) is 3. The van der Waals surface area contributed by atoms with Crippen LogP contribution < -0.4 is 0 Å². The fraction of sp³-hybridized carbons (Fsp3) is 0.306. The Hall–Kier alpha value is 27.8. The van der Waals surface area contributed by atoms with Gasteiger partial charge in [0.2, 0.25) is 0 Å². The molecule has 449 valence electrons. The van der Waals surface area contributed by atoms with Gasteiger partial charge >= 0.3 is 0 Å². The van der Waals surface area contributed by atoms with E-state index in [4.69, 9.17) is 0 Å².